The Hall–Kier alpha value is -2.45. The Kier molecular flexibility index (Phi) is 5.39. The van der Waals surface area contributed by atoms with Gasteiger partial charge in [0.1, 0.15) is 6.10 Å². The van der Waals surface area contributed by atoms with E-state index in [4.69, 9.17) is 11.6 Å². The van der Waals surface area contributed by atoms with E-state index in [0.29, 0.717) is 5.02 Å². The highest BCUT2D eigenvalue weighted by atomic mass is 35.5. The molecule has 0 aromatic heterocycles. The Balaban J connectivity index is 1.79. The SMILES string of the molecule is OC(C#Cc1ccccc1)C1=C(C#Cc2ccc(Cl)cc2)CCC1. The van der Waals surface area contributed by atoms with E-state index in [0.717, 1.165) is 41.5 Å². The fraction of sp³-hybridized carbons (Fsp3) is 0.182. The molecule has 0 amide bonds. The van der Waals surface area contributed by atoms with Crippen LogP contribution in [0.15, 0.2) is 65.7 Å². The van der Waals surface area contributed by atoms with Crippen LogP contribution in [0.3, 0.4) is 0 Å². The van der Waals surface area contributed by atoms with Gasteiger partial charge >= 0.3 is 0 Å². The summed E-state index contributed by atoms with van der Waals surface area (Å²) >= 11 is 5.88. The van der Waals surface area contributed by atoms with Crippen molar-refractivity contribution in [2.75, 3.05) is 0 Å². The van der Waals surface area contributed by atoms with Crippen LogP contribution in [-0.4, -0.2) is 11.2 Å². The monoisotopic (exact) mass is 332 g/mol. The lowest BCUT2D eigenvalue weighted by Gasteiger charge is -2.05. The molecule has 24 heavy (non-hydrogen) atoms. The van der Waals surface area contributed by atoms with Crippen LogP contribution in [0.5, 0.6) is 0 Å². The van der Waals surface area contributed by atoms with Gasteiger partial charge in [-0.25, -0.2) is 0 Å². The lowest BCUT2D eigenvalue weighted by Crippen LogP contribution is -2.07. The van der Waals surface area contributed by atoms with Crippen molar-refractivity contribution in [2.24, 2.45) is 0 Å². The Morgan fingerprint density at radius 1 is 0.833 bits per heavy atom. The van der Waals surface area contributed by atoms with Crippen LogP contribution in [-0.2, 0) is 0 Å². The van der Waals surface area contributed by atoms with Gasteiger partial charge in [0.15, 0.2) is 0 Å². The van der Waals surface area contributed by atoms with Crippen molar-refractivity contribution < 1.29 is 5.11 Å². The molecule has 1 aliphatic rings. The van der Waals surface area contributed by atoms with Gasteiger partial charge in [0, 0.05) is 21.7 Å². The third kappa shape index (κ3) is 4.30. The van der Waals surface area contributed by atoms with Crippen LogP contribution >= 0.6 is 11.6 Å². The number of rotatable bonds is 1. The average Bonchev–Trinajstić information content (AvgIpc) is 3.09. The van der Waals surface area contributed by atoms with Gasteiger partial charge < -0.3 is 5.11 Å². The summed E-state index contributed by atoms with van der Waals surface area (Å²) in [5.41, 5.74) is 3.80. The predicted octanol–water partition coefficient (Wildman–Crippen LogP) is 4.58. The number of halogens is 1. The summed E-state index contributed by atoms with van der Waals surface area (Å²) in [6, 6.07) is 17.2. The molecule has 3 rings (SSSR count). The van der Waals surface area contributed by atoms with E-state index in [9.17, 15) is 5.11 Å². The molecule has 1 atom stereocenters. The Morgan fingerprint density at radius 3 is 2.29 bits per heavy atom. The molecule has 0 spiro atoms. The van der Waals surface area contributed by atoms with Crippen molar-refractivity contribution >= 4 is 11.6 Å². The Bertz CT molecular complexity index is 855. The zero-order chi connectivity index (χ0) is 16.8. The molecule has 0 fully saturated rings. The summed E-state index contributed by atoms with van der Waals surface area (Å²) in [4.78, 5) is 0. The van der Waals surface area contributed by atoms with Gasteiger partial charge in [-0.05, 0) is 61.2 Å². The van der Waals surface area contributed by atoms with E-state index in [2.05, 4.69) is 23.7 Å². The van der Waals surface area contributed by atoms with E-state index >= 15 is 0 Å². The Labute approximate surface area is 148 Å². The fourth-order valence-electron chi connectivity index (χ4n) is 2.65. The fourth-order valence-corrected chi connectivity index (χ4v) is 2.78. The number of hydrogen-bond donors (Lipinski definition) is 1. The number of allylic oxidation sites excluding steroid dienone is 1. The van der Waals surface area contributed by atoms with E-state index in [1.54, 1.807) is 0 Å². The molecule has 118 valence electrons. The van der Waals surface area contributed by atoms with Gasteiger partial charge in [0.25, 0.3) is 0 Å². The van der Waals surface area contributed by atoms with Crippen LogP contribution in [0.4, 0.5) is 0 Å². The first kappa shape index (κ1) is 16.4. The summed E-state index contributed by atoms with van der Waals surface area (Å²) in [6.45, 7) is 0. The van der Waals surface area contributed by atoms with Crippen molar-refractivity contribution in [1.82, 2.24) is 0 Å². The number of benzene rings is 2. The smallest absolute Gasteiger partial charge is 0.137 e. The summed E-state index contributed by atoms with van der Waals surface area (Å²) < 4.78 is 0. The maximum atomic E-state index is 10.4. The van der Waals surface area contributed by atoms with Crippen LogP contribution in [0.1, 0.15) is 30.4 Å². The summed E-state index contributed by atoms with van der Waals surface area (Å²) in [5, 5.41) is 11.1. The third-order valence-corrected chi connectivity index (χ3v) is 4.17. The maximum absolute atomic E-state index is 10.4. The van der Waals surface area contributed by atoms with Gasteiger partial charge in [-0.2, -0.15) is 0 Å². The van der Waals surface area contributed by atoms with Crippen molar-refractivity contribution in [3.05, 3.63) is 81.9 Å². The summed E-state index contributed by atoms with van der Waals surface area (Å²) in [7, 11) is 0. The van der Waals surface area contributed by atoms with E-state index < -0.39 is 6.10 Å². The van der Waals surface area contributed by atoms with E-state index in [1.807, 2.05) is 54.6 Å². The molecule has 0 aliphatic heterocycles. The van der Waals surface area contributed by atoms with Crippen molar-refractivity contribution in [2.45, 2.75) is 25.4 Å². The highest BCUT2D eigenvalue weighted by Gasteiger charge is 2.18. The molecule has 2 aromatic carbocycles. The number of aliphatic hydroxyl groups excluding tert-OH is 1. The molecule has 1 aliphatic carbocycles. The first-order valence-corrected chi connectivity index (χ1v) is 8.34. The minimum atomic E-state index is -0.748. The van der Waals surface area contributed by atoms with E-state index in [1.165, 1.54) is 0 Å². The second-order valence-electron chi connectivity index (χ2n) is 5.65. The molecule has 1 nitrogen and oxygen atoms in total. The van der Waals surface area contributed by atoms with Gasteiger partial charge in [-0.15, -0.1) is 0 Å². The first-order chi connectivity index (χ1) is 11.7. The standard InChI is InChI=1S/C22H17ClO/c23-20-14-10-18(11-15-20)9-13-19-7-4-8-21(19)22(24)16-12-17-5-2-1-3-6-17/h1-3,5-6,10-11,14-15,22,24H,4,7-8H2. The van der Waals surface area contributed by atoms with Gasteiger partial charge in [-0.3, -0.25) is 0 Å². The molecule has 1 N–H and O–H groups in total. The molecule has 0 saturated heterocycles. The highest BCUT2D eigenvalue weighted by Crippen LogP contribution is 2.28. The molecule has 0 heterocycles. The Morgan fingerprint density at radius 2 is 1.54 bits per heavy atom. The van der Waals surface area contributed by atoms with Crippen molar-refractivity contribution in [3.8, 4) is 23.7 Å². The normalized spacial score (nSPS) is 14.4. The number of aliphatic hydroxyl groups is 1. The largest absolute Gasteiger partial charge is 0.376 e. The van der Waals surface area contributed by atoms with Gasteiger partial charge in [-0.1, -0.05) is 53.5 Å². The van der Waals surface area contributed by atoms with Crippen LogP contribution in [0.2, 0.25) is 5.02 Å². The molecule has 0 radical (unpaired) electrons. The van der Waals surface area contributed by atoms with Crippen molar-refractivity contribution in [3.63, 3.8) is 0 Å². The third-order valence-electron chi connectivity index (χ3n) is 3.92. The number of hydrogen-bond acceptors (Lipinski definition) is 1. The lowest BCUT2D eigenvalue weighted by atomic mass is 10.0. The topological polar surface area (TPSA) is 20.2 Å². The lowest BCUT2D eigenvalue weighted by molar-refractivity contribution is 0.265. The molecule has 0 saturated carbocycles. The quantitative estimate of drug-likeness (QED) is 0.758. The average molecular weight is 333 g/mol. The minimum absolute atomic E-state index is 0.702. The molecule has 1 unspecified atom stereocenters. The second-order valence-corrected chi connectivity index (χ2v) is 6.09. The van der Waals surface area contributed by atoms with Crippen LogP contribution in [0.25, 0.3) is 0 Å². The summed E-state index contributed by atoms with van der Waals surface area (Å²) in [5.74, 6) is 12.3. The maximum Gasteiger partial charge on any atom is 0.137 e. The van der Waals surface area contributed by atoms with Crippen molar-refractivity contribution in [1.29, 1.82) is 0 Å². The van der Waals surface area contributed by atoms with Gasteiger partial charge in [0.2, 0.25) is 0 Å². The molecule has 0 bridgehead atoms. The molecular weight excluding hydrogens is 316 g/mol. The summed E-state index contributed by atoms with van der Waals surface area (Å²) in [6.07, 6.45) is 2.03. The van der Waals surface area contributed by atoms with Crippen LogP contribution < -0.4 is 0 Å². The van der Waals surface area contributed by atoms with Crippen LogP contribution in [0, 0.1) is 23.7 Å². The zero-order valence-corrected chi connectivity index (χ0v) is 14.0. The molecule has 2 heteroatoms. The second kappa shape index (κ2) is 7.89. The predicted molar refractivity (Wildman–Crippen MR) is 98.5 cm³/mol. The van der Waals surface area contributed by atoms with Gasteiger partial charge in [0.05, 0.1) is 0 Å². The first-order valence-electron chi connectivity index (χ1n) is 7.96. The van der Waals surface area contributed by atoms with E-state index in [-0.39, 0.29) is 0 Å². The zero-order valence-electron chi connectivity index (χ0n) is 13.2. The molecular formula is C22H17ClO. The highest BCUT2D eigenvalue weighted by molar-refractivity contribution is 6.30. The minimum Gasteiger partial charge on any atom is -0.376 e. The molecule has 2 aromatic rings.